The highest BCUT2D eigenvalue weighted by atomic mass is 79.9. The first kappa shape index (κ1) is 17.1. The minimum Gasteiger partial charge on any atom is -0.474 e. The molecule has 128 valence electrons. The Bertz CT molecular complexity index is 704. The number of aromatic nitrogens is 2. The fourth-order valence-electron chi connectivity index (χ4n) is 2.48. The van der Waals surface area contributed by atoms with Crippen molar-refractivity contribution in [1.82, 2.24) is 9.97 Å². The van der Waals surface area contributed by atoms with Gasteiger partial charge in [-0.15, -0.1) is 0 Å². The van der Waals surface area contributed by atoms with Gasteiger partial charge in [0.1, 0.15) is 18.5 Å². The standard InChI is InChI=1S/C16H17BrFN3O3/c17-12-7-11(1-2-13(12)18)14-10-21(3-5-23-14)15-8-19-9-16(20-15)24-6-4-22/h1-2,7-9,14,22H,3-6,10H2. The smallest absolute Gasteiger partial charge is 0.234 e. The van der Waals surface area contributed by atoms with Crippen LogP contribution in [-0.2, 0) is 4.74 Å². The Morgan fingerprint density at radius 2 is 2.29 bits per heavy atom. The van der Waals surface area contributed by atoms with E-state index in [0.717, 1.165) is 5.56 Å². The van der Waals surface area contributed by atoms with Crippen molar-refractivity contribution < 1.29 is 19.0 Å². The number of hydrogen-bond acceptors (Lipinski definition) is 6. The minimum atomic E-state index is -0.300. The number of hydrogen-bond donors (Lipinski definition) is 1. The molecule has 1 atom stereocenters. The van der Waals surface area contributed by atoms with Gasteiger partial charge in [-0.2, -0.15) is 4.98 Å². The van der Waals surface area contributed by atoms with Gasteiger partial charge in [0.2, 0.25) is 5.88 Å². The minimum absolute atomic E-state index is 0.0784. The van der Waals surface area contributed by atoms with Crippen LogP contribution in [0.3, 0.4) is 0 Å². The summed E-state index contributed by atoms with van der Waals surface area (Å²) in [6.07, 6.45) is 2.99. The van der Waals surface area contributed by atoms with E-state index in [1.807, 2.05) is 4.90 Å². The molecule has 1 unspecified atom stereocenters. The van der Waals surface area contributed by atoms with Gasteiger partial charge in [0.25, 0.3) is 0 Å². The van der Waals surface area contributed by atoms with E-state index in [1.54, 1.807) is 18.3 Å². The second-order valence-electron chi connectivity index (χ2n) is 5.27. The lowest BCUT2D eigenvalue weighted by molar-refractivity contribution is 0.0393. The summed E-state index contributed by atoms with van der Waals surface area (Å²) in [5.74, 6) is 0.750. The predicted molar refractivity (Wildman–Crippen MR) is 89.6 cm³/mol. The molecule has 2 aromatic rings. The highest BCUT2D eigenvalue weighted by molar-refractivity contribution is 9.10. The molecule has 24 heavy (non-hydrogen) atoms. The Hall–Kier alpha value is -1.77. The monoisotopic (exact) mass is 397 g/mol. The molecule has 0 bridgehead atoms. The van der Waals surface area contributed by atoms with Crippen molar-refractivity contribution in [2.24, 2.45) is 0 Å². The van der Waals surface area contributed by atoms with Crippen molar-refractivity contribution in [1.29, 1.82) is 0 Å². The number of nitrogens with zero attached hydrogens (tertiary/aromatic N) is 3. The molecule has 1 aliphatic rings. The largest absolute Gasteiger partial charge is 0.474 e. The van der Waals surface area contributed by atoms with Crippen LogP contribution in [-0.4, -0.2) is 48.0 Å². The van der Waals surface area contributed by atoms with E-state index < -0.39 is 0 Å². The van der Waals surface area contributed by atoms with Crippen LogP contribution < -0.4 is 9.64 Å². The van der Waals surface area contributed by atoms with E-state index in [0.29, 0.717) is 35.9 Å². The van der Waals surface area contributed by atoms with Crippen LogP contribution in [0.5, 0.6) is 5.88 Å². The molecule has 1 N–H and O–H groups in total. The normalized spacial score (nSPS) is 17.8. The van der Waals surface area contributed by atoms with Gasteiger partial charge in [-0.25, -0.2) is 4.39 Å². The van der Waals surface area contributed by atoms with E-state index in [2.05, 4.69) is 25.9 Å². The number of benzene rings is 1. The summed E-state index contributed by atoms with van der Waals surface area (Å²) in [5.41, 5.74) is 0.897. The van der Waals surface area contributed by atoms with Crippen LogP contribution in [0.2, 0.25) is 0 Å². The number of anilines is 1. The molecule has 8 heteroatoms. The predicted octanol–water partition coefficient (Wildman–Crippen LogP) is 2.33. The Kier molecular flexibility index (Phi) is 5.60. The van der Waals surface area contributed by atoms with E-state index in [9.17, 15) is 4.39 Å². The SMILES string of the molecule is OCCOc1cncc(N2CCOC(c3ccc(F)c(Br)c3)C2)n1. The quantitative estimate of drug-likeness (QED) is 0.834. The Balaban J connectivity index is 1.74. The fourth-order valence-corrected chi connectivity index (χ4v) is 2.88. The van der Waals surface area contributed by atoms with Gasteiger partial charge in [-0.3, -0.25) is 4.98 Å². The van der Waals surface area contributed by atoms with Crippen molar-refractivity contribution in [3.05, 3.63) is 46.4 Å². The van der Waals surface area contributed by atoms with Crippen LogP contribution in [0.15, 0.2) is 35.1 Å². The second-order valence-corrected chi connectivity index (χ2v) is 6.12. The maximum Gasteiger partial charge on any atom is 0.234 e. The summed E-state index contributed by atoms with van der Waals surface area (Å²) in [6.45, 7) is 1.88. The second kappa shape index (κ2) is 7.87. The van der Waals surface area contributed by atoms with Gasteiger partial charge in [0, 0.05) is 13.1 Å². The zero-order chi connectivity index (χ0) is 16.9. The van der Waals surface area contributed by atoms with Crippen molar-refractivity contribution in [3.63, 3.8) is 0 Å². The number of ether oxygens (including phenoxy) is 2. The topological polar surface area (TPSA) is 67.7 Å². The average Bonchev–Trinajstić information content (AvgIpc) is 2.62. The summed E-state index contributed by atoms with van der Waals surface area (Å²) in [4.78, 5) is 10.6. The molecule has 3 rings (SSSR count). The summed E-state index contributed by atoms with van der Waals surface area (Å²) in [7, 11) is 0. The lowest BCUT2D eigenvalue weighted by Gasteiger charge is -2.33. The number of morpholine rings is 1. The Morgan fingerprint density at radius 3 is 3.08 bits per heavy atom. The molecule has 0 aliphatic carbocycles. The Morgan fingerprint density at radius 1 is 1.42 bits per heavy atom. The van der Waals surface area contributed by atoms with Gasteiger partial charge in [-0.1, -0.05) is 6.07 Å². The maximum absolute atomic E-state index is 13.4. The molecule has 0 saturated carbocycles. The molecule has 1 aromatic carbocycles. The molecular weight excluding hydrogens is 381 g/mol. The molecular formula is C16H17BrFN3O3. The first-order chi connectivity index (χ1) is 11.7. The van der Waals surface area contributed by atoms with Crippen LogP contribution in [0.1, 0.15) is 11.7 Å². The third-order valence-electron chi connectivity index (χ3n) is 3.65. The van der Waals surface area contributed by atoms with Crippen LogP contribution in [0, 0.1) is 5.82 Å². The zero-order valence-electron chi connectivity index (χ0n) is 12.9. The number of halogens is 2. The third kappa shape index (κ3) is 4.00. The molecule has 1 aliphatic heterocycles. The lowest BCUT2D eigenvalue weighted by Crippen LogP contribution is -2.39. The van der Waals surface area contributed by atoms with Crippen molar-refractivity contribution >= 4 is 21.7 Å². The molecule has 0 amide bonds. The number of aliphatic hydroxyl groups is 1. The van der Waals surface area contributed by atoms with Gasteiger partial charge in [0.05, 0.1) is 30.1 Å². The molecule has 0 radical (unpaired) electrons. The van der Waals surface area contributed by atoms with Crippen molar-refractivity contribution in [3.8, 4) is 5.88 Å². The van der Waals surface area contributed by atoms with Gasteiger partial charge in [-0.05, 0) is 33.6 Å². The summed E-state index contributed by atoms with van der Waals surface area (Å²) < 4.78 is 24.9. The van der Waals surface area contributed by atoms with E-state index >= 15 is 0 Å². The average molecular weight is 398 g/mol. The first-order valence-corrected chi connectivity index (χ1v) is 8.34. The summed E-state index contributed by atoms with van der Waals surface area (Å²) in [6, 6.07) is 4.88. The first-order valence-electron chi connectivity index (χ1n) is 7.54. The Labute approximate surface area is 147 Å². The molecule has 6 nitrogen and oxygen atoms in total. The van der Waals surface area contributed by atoms with Gasteiger partial charge >= 0.3 is 0 Å². The highest BCUT2D eigenvalue weighted by Gasteiger charge is 2.24. The maximum atomic E-state index is 13.4. The van der Waals surface area contributed by atoms with E-state index in [4.69, 9.17) is 14.6 Å². The zero-order valence-corrected chi connectivity index (χ0v) is 14.4. The van der Waals surface area contributed by atoms with Gasteiger partial charge in [0.15, 0.2) is 5.82 Å². The van der Waals surface area contributed by atoms with Crippen LogP contribution in [0.25, 0.3) is 0 Å². The third-order valence-corrected chi connectivity index (χ3v) is 4.25. The molecule has 1 saturated heterocycles. The molecule has 2 heterocycles. The molecule has 0 spiro atoms. The van der Waals surface area contributed by atoms with Crippen molar-refractivity contribution in [2.45, 2.75) is 6.10 Å². The van der Waals surface area contributed by atoms with Crippen LogP contribution >= 0.6 is 15.9 Å². The number of rotatable bonds is 5. The lowest BCUT2D eigenvalue weighted by atomic mass is 10.1. The molecule has 1 fully saturated rings. The van der Waals surface area contributed by atoms with E-state index in [-0.39, 0.29) is 25.1 Å². The van der Waals surface area contributed by atoms with Crippen molar-refractivity contribution in [2.75, 3.05) is 37.8 Å². The van der Waals surface area contributed by atoms with Crippen LogP contribution in [0.4, 0.5) is 10.2 Å². The van der Waals surface area contributed by atoms with Gasteiger partial charge < -0.3 is 19.5 Å². The van der Waals surface area contributed by atoms with E-state index in [1.165, 1.54) is 12.3 Å². The fraction of sp³-hybridized carbons (Fsp3) is 0.375. The molecule has 1 aromatic heterocycles. The summed E-state index contributed by atoms with van der Waals surface area (Å²) in [5, 5.41) is 8.82. The highest BCUT2D eigenvalue weighted by Crippen LogP contribution is 2.28. The summed E-state index contributed by atoms with van der Waals surface area (Å²) >= 11 is 3.20. The number of aliphatic hydroxyl groups excluding tert-OH is 1.